The van der Waals surface area contributed by atoms with Crippen molar-refractivity contribution in [1.82, 2.24) is 19.7 Å². The lowest BCUT2D eigenvalue weighted by Crippen LogP contribution is -2.14. The van der Waals surface area contributed by atoms with Gasteiger partial charge in [-0.25, -0.2) is 14.6 Å². The number of amides is 1. The number of carboxylic acid groups (broad SMARTS) is 1. The van der Waals surface area contributed by atoms with Gasteiger partial charge in [-0.2, -0.15) is 5.10 Å². The maximum Gasteiger partial charge on any atom is 0.303 e. The highest BCUT2D eigenvalue weighted by atomic mass is 16.4. The van der Waals surface area contributed by atoms with Crippen molar-refractivity contribution in [3.05, 3.63) is 31.0 Å². The summed E-state index contributed by atoms with van der Waals surface area (Å²) in [5.41, 5.74) is 0.498. The quantitative estimate of drug-likeness (QED) is 0.808. The van der Waals surface area contributed by atoms with Gasteiger partial charge in [0.25, 0.3) is 0 Å². The number of pyridine rings is 1. The number of aromatic nitrogens is 4. The summed E-state index contributed by atoms with van der Waals surface area (Å²) in [5, 5.41) is 15.2. The summed E-state index contributed by atoms with van der Waals surface area (Å²) in [7, 11) is 0. The van der Waals surface area contributed by atoms with E-state index in [9.17, 15) is 9.59 Å². The van der Waals surface area contributed by atoms with Gasteiger partial charge in [-0.1, -0.05) is 0 Å². The molecule has 0 spiro atoms. The van der Waals surface area contributed by atoms with Crippen LogP contribution in [0.3, 0.4) is 0 Å². The van der Waals surface area contributed by atoms with Crippen molar-refractivity contribution in [2.24, 2.45) is 0 Å². The summed E-state index contributed by atoms with van der Waals surface area (Å²) in [4.78, 5) is 30.1. The SMILES string of the molecule is O=C(O)CCCC(=O)Nc1cccnc1-n1cncn1. The Kier molecular flexibility index (Phi) is 4.38. The van der Waals surface area contributed by atoms with Crippen LogP contribution in [0.25, 0.3) is 5.82 Å². The summed E-state index contributed by atoms with van der Waals surface area (Å²) < 4.78 is 1.44. The van der Waals surface area contributed by atoms with Crippen LogP contribution in [0.15, 0.2) is 31.0 Å². The summed E-state index contributed by atoms with van der Waals surface area (Å²) in [6.45, 7) is 0. The zero-order valence-electron chi connectivity index (χ0n) is 10.6. The van der Waals surface area contributed by atoms with Gasteiger partial charge in [0.05, 0.1) is 5.69 Å². The molecule has 2 aromatic heterocycles. The number of anilines is 1. The molecule has 8 heteroatoms. The zero-order chi connectivity index (χ0) is 14.4. The van der Waals surface area contributed by atoms with Crippen LogP contribution in [-0.4, -0.2) is 36.7 Å². The van der Waals surface area contributed by atoms with Crippen LogP contribution >= 0.6 is 0 Å². The van der Waals surface area contributed by atoms with Crippen LogP contribution in [0.1, 0.15) is 19.3 Å². The van der Waals surface area contributed by atoms with Crippen LogP contribution in [0, 0.1) is 0 Å². The molecule has 2 heterocycles. The molecule has 8 nitrogen and oxygen atoms in total. The second-order valence-corrected chi connectivity index (χ2v) is 4.01. The summed E-state index contributed by atoms with van der Waals surface area (Å²) in [5.74, 6) is -0.723. The van der Waals surface area contributed by atoms with Gasteiger partial charge in [-0.05, 0) is 18.6 Å². The molecule has 20 heavy (non-hydrogen) atoms. The molecule has 0 atom stereocenters. The first-order chi connectivity index (χ1) is 9.66. The van der Waals surface area contributed by atoms with Crippen LogP contribution in [-0.2, 0) is 9.59 Å². The number of carbonyl (C=O) groups excluding carboxylic acids is 1. The highest BCUT2D eigenvalue weighted by Crippen LogP contribution is 2.16. The first-order valence-corrected chi connectivity index (χ1v) is 5.98. The lowest BCUT2D eigenvalue weighted by Gasteiger charge is -2.09. The fourth-order valence-electron chi connectivity index (χ4n) is 1.61. The van der Waals surface area contributed by atoms with E-state index in [1.54, 1.807) is 18.3 Å². The van der Waals surface area contributed by atoms with E-state index in [-0.39, 0.29) is 18.7 Å². The Labute approximate surface area is 114 Å². The van der Waals surface area contributed by atoms with Gasteiger partial charge in [-0.3, -0.25) is 9.59 Å². The van der Waals surface area contributed by atoms with Crippen molar-refractivity contribution in [3.8, 4) is 5.82 Å². The molecule has 0 radical (unpaired) electrons. The number of aliphatic carboxylic acids is 1. The standard InChI is InChI=1S/C12H13N5O3/c18-10(4-1-5-11(19)20)16-9-3-2-6-14-12(9)17-8-13-7-15-17/h2-3,6-8H,1,4-5H2,(H,16,18)(H,19,20). The zero-order valence-corrected chi connectivity index (χ0v) is 10.6. The van der Waals surface area contributed by atoms with E-state index in [1.807, 2.05) is 0 Å². The highest BCUT2D eigenvalue weighted by Gasteiger charge is 2.10. The Morgan fingerprint density at radius 3 is 2.90 bits per heavy atom. The third-order valence-corrected chi connectivity index (χ3v) is 2.49. The largest absolute Gasteiger partial charge is 0.481 e. The van der Waals surface area contributed by atoms with E-state index < -0.39 is 5.97 Å². The fraction of sp³-hybridized carbons (Fsp3) is 0.250. The third-order valence-electron chi connectivity index (χ3n) is 2.49. The van der Waals surface area contributed by atoms with E-state index >= 15 is 0 Å². The summed E-state index contributed by atoms with van der Waals surface area (Å²) in [6, 6.07) is 3.38. The lowest BCUT2D eigenvalue weighted by molar-refractivity contribution is -0.137. The van der Waals surface area contributed by atoms with Gasteiger partial charge in [0.2, 0.25) is 5.91 Å². The second kappa shape index (κ2) is 6.41. The average molecular weight is 275 g/mol. The van der Waals surface area contributed by atoms with Gasteiger partial charge in [0.1, 0.15) is 12.7 Å². The first-order valence-electron chi connectivity index (χ1n) is 5.98. The van der Waals surface area contributed by atoms with E-state index in [0.717, 1.165) is 0 Å². The second-order valence-electron chi connectivity index (χ2n) is 4.01. The molecule has 104 valence electrons. The molecule has 2 rings (SSSR count). The van der Waals surface area contributed by atoms with E-state index in [2.05, 4.69) is 20.4 Å². The number of hydrogen-bond donors (Lipinski definition) is 2. The number of carbonyl (C=O) groups is 2. The third kappa shape index (κ3) is 3.61. The molecule has 1 amide bonds. The molecule has 0 aromatic carbocycles. The Bertz CT molecular complexity index is 597. The topological polar surface area (TPSA) is 110 Å². The van der Waals surface area contributed by atoms with Gasteiger partial charge in [0, 0.05) is 19.0 Å². The predicted octanol–water partition coefficient (Wildman–Crippen LogP) is 0.856. The van der Waals surface area contributed by atoms with Crippen molar-refractivity contribution >= 4 is 17.6 Å². The minimum atomic E-state index is -0.914. The van der Waals surface area contributed by atoms with Gasteiger partial charge >= 0.3 is 5.97 Å². The molecule has 0 unspecified atom stereocenters. The molecule has 0 fully saturated rings. The van der Waals surface area contributed by atoms with E-state index in [1.165, 1.54) is 17.3 Å². The number of hydrogen-bond acceptors (Lipinski definition) is 5. The summed E-state index contributed by atoms with van der Waals surface area (Å²) >= 11 is 0. The monoisotopic (exact) mass is 275 g/mol. The van der Waals surface area contributed by atoms with Gasteiger partial charge < -0.3 is 10.4 Å². The highest BCUT2D eigenvalue weighted by molar-refractivity contribution is 5.92. The summed E-state index contributed by atoms with van der Waals surface area (Å²) in [6.07, 6.45) is 4.82. The predicted molar refractivity (Wildman–Crippen MR) is 69.3 cm³/mol. The Morgan fingerprint density at radius 2 is 2.20 bits per heavy atom. The maximum atomic E-state index is 11.7. The number of nitrogens with one attached hydrogen (secondary N) is 1. The molecular formula is C12H13N5O3. The first kappa shape index (κ1) is 13.7. The number of carboxylic acids is 1. The van der Waals surface area contributed by atoms with Crippen molar-refractivity contribution in [2.75, 3.05) is 5.32 Å². The minimum Gasteiger partial charge on any atom is -0.481 e. The normalized spacial score (nSPS) is 10.2. The van der Waals surface area contributed by atoms with Crippen LogP contribution in [0.4, 0.5) is 5.69 Å². The van der Waals surface area contributed by atoms with Gasteiger partial charge in [0.15, 0.2) is 5.82 Å². The van der Waals surface area contributed by atoms with Crippen LogP contribution in [0.2, 0.25) is 0 Å². The molecule has 2 aromatic rings. The smallest absolute Gasteiger partial charge is 0.303 e. The van der Waals surface area contributed by atoms with Crippen LogP contribution < -0.4 is 5.32 Å². The molecule has 0 aliphatic heterocycles. The van der Waals surface area contributed by atoms with Crippen molar-refractivity contribution in [3.63, 3.8) is 0 Å². The Morgan fingerprint density at radius 1 is 1.35 bits per heavy atom. The van der Waals surface area contributed by atoms with E-state index in [0.29, 0.717) is 17.9 Å². The molecule has 0 saturated carbocycles. The molecule has 0 aliphatic rings. The molecule has 0 saturated heterocycles. The van der Waals surface area contributed by atoms with Crippen molar-refractivity contribution < 1.29 is 14.7 Å². The Balaban J connectivity index is 2.03. The molecule has 0 bridgehead atoms. The molecule has 2 N–H and O–H groups in total. The maximum absolute atomic E-state index is 11.7. The average Bonchev–Trinajstić information content (AvgIpc) is 2.92. The fourth-order valence-corrected chi connectivity index (χ4v) is 1.61. The molecular weight excluding hydrogens is 262 g/mol. The van der Waals surface area contributed by atoms with Crippen molar-refractivity contribution in [2.45, 2.75) is 19.3 Å². The molecule has 0 aliphatic carbocycles. The van der Waals surface area contributed by atoms with E-state index in [4.69, 9.17) is 5.11 Å². The minimum absolute atomic E-state index is 0.0314. The number of nitrogens with zero attached hydrogens (tertiary/aromatic N) is 4. The number of rotatable bonds is 6. The van der Waals surface area contributed by atoms with Crippen molar-refractivity contribution in [1.29, 1.82) is 0 Å². The van der Waals surface area contributed by atoms with Crippen LogP contribution in [0.5, 0.6) is 0 Å². The Hall–Kier alpha value is -2.77. The lowest BCUT2D eigenvalue weighted by atomic mass is 10.2. The van der Waals surface area contributed by atoms with Gasteiger partial charge in [-0.15, -0.1) is 0 Å².